The Morgan fingerprint density at radius 1 is 1.53 bits per heavy atom. The monoisotopic (exact) mass is 318 g/mol. The average molecular weight is 320 g/mol. The fourth-order valence-electron chi connectivity index (χ4n) is 1.09. The van der Waals surface area contributed by atoms with Crippen LogP contribution in [0, 0.1) is 0 Å². The molecule has 1 aromatic rings. The quantitative estimate of drug-likeness (QED) is 0.360. The highest BCUT2D eigenvalue weighted by molar-refractivity contribution is 9.09. The van der Waals surface area contributed by atoms with Crippen molar-refractivity contribution in [2.24, 2.45) is 0 Å². The highest BCUT2D eigenvalue weighted by Crippen LogP contribution is 2.19. The van der Waals surface area contributed by atoms with Gasteiger partial charge in [-0.1, -0.05) is 33.6 Å². The van der Waals surface area contributed by atoms with Crippen LogP contribution in [0.15, 0.2) is 36.1 Å². The Morgan fingerprint density at radius 2 is 2.29 bits per heavy atom. The lowest BCUT2D eigenvalue weighted by Crippen LogP contribution is -2.05. The van der Waals surface area contributed by atoms with Crippen LogP contribution in [0.4, 0.5) is 0 Å². The first-order valence-electron chi connectivity index (χ1n) is 5.02. The summed E-state index contributed by atoms with van der Waals surface area (Å²) in [6, 6.07) is 6.95. The molecule has 0 spiro atoms. The summed E-state index contributed by atoms with van der Waals surface area (Å²) in [6.45, 7) is 2.08. The van der Waals surface area contributed by atoms with Crippen LogP contribution in [0.2, 0.25) is 5.02 Å². The van der Waals surface area contributed by atoms with Crippen LogP contribution >= 0.6 is 27.5 Å². The molecule has 0 fully saturated rings. The van der Waals surface area contributed by atoms with Gasteiger partial charge in [0.05, 0.1) is 18.0 Å². The topological polar surface area (TPSA) is 35.5 Å². The molecule has 0 unspecified atom stereocenters. The number of halogens is 2. The van der Waals surface area contributed by atoms with Gasteiger partial charge in [-0.2, -0.15) is 0 Å². The van der Waals surface area contributed by atoms with E-state index in [9.17, 15) is 4.79 Å². The van der Waals surface area contributed by atoms with Crippen LogP contribution in [0.1, 0.15) is 6.92 Å². The molecule has 0 heterocycles. The number of alkyl halides is 1. The van der Waals surface area contributed by atoms with E-state index in [0.717, 1.165) is 0 Å². The number of hydrogen-bond donors (Lipinski definition) is 0. The van der Waals surface area contributed by atoms with E-state index in [4.69, 9.17) is 21.1 Å². The van der Waals surface area contributed by atoms with Crippen LogP contribution < -0.4 is 4.74 Å². The minimum Gasteiger partial charge on any atom is -0.463 e. The average Bonchev–Trinajstić information content (AvgIpc) is 2.28. The molecule has 0 atom stereocenters. The van der Waals surface area contributed by atoms with Crippen LogP contribution in [0.3, 0.4) is 0 Å². The van der Waals surface area contributed by atoms with Gasteiger partial charge in [0, 0.05) is 5.02 Å². The molecule has 0 bridgehead atoms. The standard InChI is InChI=1S/C12H12BrClO3/c1-2-16-12(15)7-11(8-13)17-10-5-3-4-9(14)6-10/h3-7H,2,8H2,1H3/b11-7-. The lowest BCUT2D eigenvalue weighted by Gasteiger charge is -2.07. The fraction of sp³-hybridized carbons (Fsp3) is 0.250. The van der Waals surface area contributed by atoms with E-state index in [2.05, 4.69) is 15.9 Å². The molecule has 0 saturated carbocycles. The third kappa shape index (κ3) is 5.24. The van der Waals surface area contributed by atoms with Crippen molar-refractivity contribution in [2.75, 3.05) is 11.9 Å². The zero-order chi connectivity index (χ0) is 12.7. The molecular weight excluding hydrogens is 307 g/mol. The zero-order valence-electron chi connectivity index (χ0n) is 9.28. The summed E-state index contributed by atoms with van der Waals surface area (Å²) < 4.78 is 10.3. The summed E-state index contributed by atoms with van der Waals surface area (Å²) in [7, 11) is 0. The molecule has 0 aliphatic heterocycles. The third-order valence-electron chi connectivity index (χ3n) is 1.74. The van der Waals surface area contributed by atoms with Crippen LogP contribution in [0.25, 0.3) is 0 Å². The molecule has 1 aromatic carbocycles. The Balaban J connectivity index is 2.73. The van der Waals surface area contributed by atoms with E-state index in [-0.39, 0.29) is 0 Å². The summed E-state index contributed by atoms with van der Waals surface area (Å²) in [6.07, 6.45) is 1.30. The highest BCUT2D eigenvalue weighted by atomic mass is 79.9. The normalized spacial score (nSPS) is 11.1. The van der Waals surface area contributed by atoms with Crippen molar-refractivity contribution >= 4 is 33.5 Å². The Bertz CT molecular complexity index is 418. The number of rotatable bonds is 5. The van der Waals surface area contributed by atoms with Crippen molar-refractivity contribution in [2.45, 2.75) is 6.92 Å². The van der Waals surface area contributed by atoms with Gasteiger partial charge in [-0.15, -0.1) is 0 Å². The number of benzene rings is 1. The Kier molecular flexibility index (Phi) is 6.08. The van der Waals surface area contributed by atoms with E-state index in [1.807, 2.05) is 0 Å². The largest absolute Gasteiger partial charge is 0.463 e. The highest BCUT2D eigenvalue weighted by Gasteiger charge is 2.04. The van der Waals surface area contributed by atoms with Gasteiger partial charge in [0.2, 0.25) is 0 Å². The molecule has 0 aromatic heterocycles. The van der Waals surface area contributed by atoms with Gasteiger partial charge in [-0.3, -0.25) is 0 Å². The molecule has 92 valence electrons. The Labute approximate surface area is 113 Å². The van der Waals surface area contributed by atoms with E-state index in [0.29, 0.717) is 28.5 Å². The van der Waals surface area contributed by atoms with Crippen molar-refractivity contribution in [1.82, 2.24) is 0 Å². The maximum Gasteiger partial charge on any atom is 0.334 e. The minimum absolute atomic E-state index is 0.335. The van der Waals surface area contributed by atoms with Crippen molar-refractivity contribution in [3.05, 3.63) is 41.1 Å². The maximum absolute atomic E-state index is 11.2. The molecule has 0 aliphatic rings. The SMILES string of the molecule is CCOC(=O)/C=C(/CBr)Oc1cccc(Cl)c1. The van der Waals surface area contributed by atoms with Crippen LogP contribution in [-0.2, 0) is 9.53 Å². The molecule has 5 heteroatoms. The van der Waals surface area contributed by atoms with Gasteiger partial charge in [0.25, 0.3) is 0 Å². The van der Waals surface area contributed by atoms with Gasteiger partial charge in [-0.05, 0) is 25.1 Å². The summed E-state index contributed by atoms with van der Waals surface area (Å²) >= 11 is 9.06. The number of esters is 1. The minimum atomic E-state index is -0.427. The maximum atomic E-state index is 11.2. The second-order valence-corrected chi connectivity index (χ2v) is 4.05. The molecule has 0 amide bonds. The van der Waals surface area contributed by atoms with Gasteiger partial charge < -0.3 is 9.47 Å². The predicted molar refractivity (Wildman–Crippen MR) is 70.6 cm³/mol. The second-order valence-electron chi connectivity index (χ2n) is 3.06. The molecule has 0 N–H and O–H groups in total. The molecule has 0 radical (unpaired) electrons. The van der Waals surface area contributed by atoms with Gasteiger partial charge >= 0.3 is 5.97 Å². The number of allylic oxidation sites excluding steroid dienone is 1. The predicted octanol–water partition coefficient (Wildman–Crippen LogP) is 3.56. The van der Waals surface area contributed by atoms with Gasteiger partial charge in [0.1, 0.15) is 11.5 Å². The first kappa shape index (κ1) is 14.1. The van der Waals surface area contributed by atoms with Gasteiger partial charge in [0.15, 0.2) is 0 Å². The zero-order valence-corrected chi connectivity index (χ0v) is 11.6. The van der Waals surface area contributed by atoms with Crippen molar-refractivity contribution in [3.8, 4) is 5.75 Å². The van der Waals surface area contributed by atoms with E-state index < -0.39 is 5.97 Å². The Hall–Kier alpha value is -1.00. The van der Waals surface area contributed by atoms with Crippen molar-refractivity contribution < 1.29 is 14.3 Å². The molecule has 0 aliphatic carbocycles. The summed E-state index contributed by atoms with van der Waals surface area (Å²) in [5.74, 6) is 0.613. The van der Waals surface area contributed by atoms with E-state index in [1.54, 1.807) is 31.2 Å². The number of hydrogen-bond acceptors (Lipinski definition) is 3. The van der Waals surface area contributed by atoms with Crippen molar-refractivity contribution in [1.29, 1.82) is 0 Å². The summed E-state index contributed by atoms with van der Waals surface area (Å²) in [4.78, 5) is 11.2. The van der Waals surface area contributed by atoms with Crippen molar-refractivity contribution in [3.63, 3.8) is 0 Å². The first-order valence-corrected chi connectivity index (χ1v) is 6.52. The summed E-state index contributed by atoms with van der Waals surface area (Å²) in [5, 5.41) is 0.991. The Morgan fingerprint density at radius 3 is 2.88 bits per heavy atom. The smallest absolute Gasteiger partial charge is 0.334 e. The van der Waals surface area contributed by atoms with Crippen LogP contribution in [-0.4, -0.2) is 17.9 Å². The number of carbonyl (C=O) groups is 1. The first-order chi connectivity index (χ1) is 8.15. The van der Waals surface area contributed by atoms with Crippen LogP contribution in [0.5, 0.6) is 5.75 Å². The lowest BCUT2D eigenvalue weighted by atomic mass is 10.3. The fourth-order valence-corrected chi connectivity index (χ4v) is 1.55. The third-order valence-corrected chi connectivity index (χ3v) is 2.53. The van der Waals surface area contributed by atoms with E-state index >= 15 is 0 Å². The van der Waals surface area contributed by atoms with E-state index in [1.165, 1.54) is 6.08 Å². The molecule has 0 saturated heterocycles. The second kappa shape index (κ2) is 7.35. The lowest BCUT2D eigenvalue weighted by molar-refractivity contribution is -0.137. The molecular formula is C12H12BrClO3. The summed E-state index contributed by atoms with van der Waals surface area (Å²) in [5.41, 5.74) is 0. The number of carbonyl (C=O) groups excluding carboxylic acids is 1. The molecule has 3 nitrogen and oxygen atoms in total. The number of ether oxygens (including phenoxy) is 2. The molecule has 17 heavy (non-hydrogen) atoms. The van der Waals surface area contributed by atoms with Gasteiger partial charge in [-0.25, -0.2) is 4.79 Å². The molecule has 1 rings (SSSR count).